The first-order chi connectivity index (χ1) is 16.5. The van der Waals surface area contributed by atoms with Crippen LogP contribution in [0.3, 0.4) is 0 Å². The first-order valence-corrected chi connectivity index (χ1v) is 10.9. The molecule has 9 N–H and O–H groups in total. The minimum atomic E-state index is -1.50. The van der Waals surface area contributed by atoms with Crippen molar-refractivity contribution in [2.24, 2.45) is 11.5 Å². The Hall–Kier alpha value is -4.01. The molecule has 0 aliphatic carbocycles. The van der Waals surface area contributed by atoms with E-state index in [9.17, 15) is 33.9 Å². The summed E-state index contributed by atoms with van der Waals surface area (Å²) < 4.78 is 0. The maximum Gasteiger partial charge on any atom is 0.326 e. The predicted molar refractivity (Wildman–Crippen MR) is 117 cm³/mol. The van der Waals surface area contributed by atoms with Crippen LogP contribution >= 0.6 is 0 Å². The van der Waals surface area contributed by atoms with Crippen LogP contribution in [0.25, 0.3) is 0 Å². The number of aromatic nitrogens is 2. The van der Waals surface area contributed by atoms with Crippen LogP contribution in [0.1, 0.15) is 37.8 Å². The van der Waals surface area contributed by atoms with Gasteiger partial charge in [0.25, 0.3) is 0 Å². The standard InChI is InChI=1S/C20H29N7O8/c21-11(6-10-8-23-9-24-10)17(31)26-13(7-15(22)28)18(32)25-12(3-4-16(29)30)19(33)27-5-1-2-14(27)20(34)35/h8-9,11-14H,1-7,21H2,(H2,22,28)(H,23,24)(H,25,32)(H,26,31)(H,29,30)(H,34,35). The van der Waals surface area contributed by atoms with E-state index in [0.717, 1.165) is 4.90 Å². The zero-order valence-corrected chi connectivity index (χ0v) is 18.8. The minimum Gasteiger partial charge on any atom is -0.481 e. The number of carboxylic acid groups (broad SMARTS) is 2. The highest BCUT2D eigenvalue weighted by molar-refractivity contribution is 5.96. The molecular weight excluding hydrogens is 466 g/mol. The van der Waals surface area contributed by atoms with Gasteiger partial charge in [-0.3, -0.25) is 24.0 Å². The molecule has 35 heavy (non-hydrogen) atoms. The van der Waals surface area contributed by atoms with E-state index in [2.05, 4.69) is 20.6 Å². The highest BCUT2D eigenvalue weighted by atomic mass is 16.4. The number of carbonyl (C=O) groups excluding carboxylic acids is 4. The Morgan fingerprint density at radius 3 is 2.40 bits per heavy atom. The molecule has 1 fully saturated rings. The molecule has 4 atom stereocenters. The van der Waals surface area contributed by atoms with E-state index in [0.29, 0.717) is 12.1 Å². The Labute approximate surface area is 199 Å². The van der Waals surface area contributed by atoms with Gasteiger partial charge in [-0.1, -0.05) is 0 Å². The number of rotatable bonds is 13. The van der Waals surface area contributed by atoms with Gasteiger partial charge in [-0.05, 0) is 19.3 Å². The van der Waals surface area contributed by atoms with Crippen molar-refractivity contribution in [1.29, 1.82) is 0 Å². The monoisotopic (exact) mass is 495 g/mol. The Bertz CT molecular complexity index is 951. The molecular formula is C20H29N7O8. The van der Waals surface area contributed by atoms with Crippen LogP contribution in [0, 0.1) is 0 Å². The van der Waals surface area contributed by atoms with E-state index in [-0.39, 0.29) is 25.8 Å². The van der Waals surface area contributed by atoms with Gasteiger partial charge in [0.05, 0.1) is 18.8 Å². The van der Waals surface area contributed by atoms with Crippen molar-refractivity contribution in [3.8, 4) is 0 Å². The molecule has 0 radical (unpaired) electrons. The Kier molecular flexibility index (Phi) is 9.69. The summed E-state index contributed by atoms with van der Waals surface area (Å²) in [5.41, 5.74) is 11.6. The van der Waals surface area contributed by atoms with Gasteiger partial charge in [-0.25, -0.2) is 9.78 Å². The number of primary amides is 1. The van der Waals surface area contributed by atoms with Gasteiger partial charge < -0.3 is 42.2 Å². The molecule has 1 aliphatic rings. The number of hydrogen-bond acceptors (Lipinski definition) is 8. The molecule has 0 spiro atoms. The summed E-state index contributed by atoms with van der Waals surface area (Å²) in [4.78, 5) is 80.1. The fourth-order valence-electron chi connectivity index (χ4n) is 3.70. The molecule has 4 amide bonds. The van der Waals surface area contributed by atoms with Gasteiger partial charge in [-0.2, -0.15) is 0 Å². The number of amides is 4. The van der Waals surface area contributed by atoms with Crippen molar-refractivity contribution in [1.82, 2.24) is 25.5 Å². The summed E-state index contributed by atoms with van der Waals surface area (Å²) in [6.07, 6.45) is 2.11. The van der Waals surface area contributed by atoms with Crippen LogP contribution in [0.5, 0.6) is 0 Å². The van der Waals surface area contributed by atoms with E-state index in [1.165, 1.54) is 12.5 Å². The first-order valence-electron chi connectivity index (χ1n) is 10.9. The second kappa shape index (κ2) is 12.5. The minimum absolute atomic E-state index is 0.0575. The van der Waals surface area contributed by atoms with Crippen molar-refractivity contribution in [3.63, 3.8) is 0 Å². The van der Waals surface area contributed by atoms with Crippen LogP contribution in [0.15, 0.2) is 12.5 Å². The summed E-state index contributed by atoms with van der Waals surface area (Å²) in [6, 6.07) is -5.11. The lowest BCUT2D eigenvalue weighted by Crippen LogP contribution is -2.58. The molecule has 4 unspecified atom stereocenters. The van der Waals surface area contributed by atoms with Gasteiger partial charge >= 0.3 is 11.9 Å². The van der Waals surface area contributed by atoms with Crippen LogP contribution < -0.4 is 22.1 Å². The van der Waals surface area contributed by atoms with Gasteiger partial charge in [0.15, 0.2) is 0 Å². The summed E-state index contributed by atoms with van der Waals surface area (Å²) >= 11 is 0. The van der Waals surface area contributed by atoms with Crippen molar-refractivity contribution in [2.75, 3.05) is 6.54 Å². The number of nitrogens with zero attached hydrogens (tertiary/aromatic N) is 2. The van der Waals surface area contributed by atoms with E-state index in [1.807, 2.05) is 0 Å². The van der Waals surface area contributed by atoms with E-state index in [1.54, 1.807) is 0 Å². The number of aliphatic carboxylic acids is 2. The third-order valence-corrected chi connectivity index (χ3v) is 5.45. The fourth-order valence-corrected chi connectivity index (χ4v) is 3.70. The first kappa shape index (κ1) is 27.2. The number of hydrogen-bond donors (Lipinski definition) is 7. The molecule has 15 nitrogen and oxygen atoms in total. The molecule has 2 heterocycles. The number of nitrogens with two attached hydrogens (primary N) is 2. The fraction of sp³-hybridized carbons (Fsp3) is 0.550. The smallest absolute Gasteiger partial charge is 0.326 e. The zero-order chi connectivity index (χ0) is 26.1. The summed E-state index contributed by atoms with van der Waals surface area (Å²) in [6.45, 7) is 0.124. The molecule has 192 valence electrons. The summed E-state index contributed by atoms with van der Waals surface area (Å²) in [5, 5.41) is 23.0. The van der Waals surface area contributed by atoms with Crippen LogP contribution in [-0.2, 0) is 35.2 Å². The SMILES string of the molecule is NC(=O)CC(NC(=O)C(N)Cc1cnc[nH]1)C(=O)NC(CCC(=O)O)C(=O)N1CCCC1C(=O)O. The molecule has 1 aromatic heterocycles. The molecule has 0 bridgehead atoms. The molecule has 15 heteroatoms. The number of carbonyl (C=O) groups is 6. The predicted octanol–water partition coefficient (Wildman–Crippen LogP) is -2.94. The van der Waals surface area contributed by atoms with Crippen molar-refractivity contribution in [3.05, 3.63) is 18.2 Å². The average Bonchev–Trinajstić information content (AvgIpc) is 3.47. The maximum absolute atomic E-state index is 13.0. The number of nitrogens with one attached hydrogen (secondary N) is 3. The number of likely N-dealkylation sites (tertiary alicyclic amines) is 1. The molecule has 0 aromatic carbocycles. The normalized spacial score (nSPS) is 17.7. The zero-order valence-electron chi connectivity index (χ0n) is 18.8. The molecule has 1 aromatic rings. The van der Waals surface area contributed by atoms with Crippen molar-refractivity contribution in [2.45, 2.75) is 62.7 Å². The summed E-state index contributed by atoms with van der Waals surface area (Å²) in [5.74, 6) is -5.90. The van der Waals surface area contributed by atoms with Gasteiger partial charge in [0, 0.05) is 31.3 Å². The average molecular weight is 495 g/mol. The van der Waals surface area contributed by atoms with E-state index >= 15 is 0 Å². The number of H-pyrrole nitrogens is 1. The lowest BCUT2D eigenvalue weighted by Gasteiger charge is -2.28. The number of aromatic amines is 1. The Morgan fingerprint density at radius 1 is 1.14 bits per heavy atom. The maximum atomic E-state index is 13.0. The topological polar surface area (TPSA) is 251 Å². The van der Waals surface area contributed by atoms with Crippen LogP contribution in [0.4, 0.5) is 0 Å². The second-order valence-corrected chi connectivity index (χ2v) is 8.14. The van der Waals surface area contributed by atoms with E-state index in [4.69, 9.17) is 16.6 Å². The van der Waals surface area contributed by atoms with Gasteiger partial charge in [0.2, 0.25) is 23.6 Å². The highest BCUT2D eigenvalue weighted by Gasteiger charge is 2.38. The van der Waals surface area contributed by atoms with Crippen LogP contribution in [0.2, 0.25) is 0 Å². The van der Waals surface area contributed by atoms with Gasteiger partial charge in [0.1, 0.15) is 18.1 Å². The number of carboxylic acids is 2. The molecule has 1 aliphatic heterocycles. The Morgan fingerprint density at radius 2 is 1.83 bits per heavy atom. The van der Waals surface area contributed by atoms with Crippen molar-refractivity contribution < 1.29 is 39.0 Å². The molecule has 1 saturated heterocycles. The molecule has 2 rings (SSSR count). The molecule has 0 saturated carbocycles. The van der Waals surface area contributed by atoms with Gasteiger partial charge in [-0.15, -0.1) is 0 Å². The van der Waals surface area contributed by atoms with Crippen molar-refractivity contribution >= 4 is 35.6 Å². The lowest BCUT2D eigenvalue weighted by atomic mass is 10.1. The largest absolute Gasteiger partial charge is 0.481 e. The summed E-state index contributed by atoms with van der Waals surface area (Å²) in [7, 11) is 0. The Balaban J connectivity index is 2.14. The second-order valence-electron chi connectivity index (χ2n) is 8.14. The third kappa shape index (κ3) is 8.06. The number of imidazole rings is 1. The highest BCUT2D eigenvalue weighted by Crippen LogP contribution is 2.19. The van der Waals surface area contributed by atoms with E-state index < -0.39 is 72.6 Å². The third-order valence-electron chi connectivity index (χ3n) is 5.45. The van der Waals surface area contributed by atoms with Crippen LogP contribution in [-0.4, -0.2) is 91.4 Å². The quantitative estimate of drug-likeness (QED) is 0.147. The lowest BCUT2D eigenvalue weighted by molar-refractivity contribution is -0.150.